The molecule has 4 atom stereocenters. The number of aliphatic carboxylic acids is 1. The molecule has 5 amide bonds. The van der Waals surface area contributed by atoms with Crippen LogP contribution in [0.3, 0.4) is 0 Å². The van der Waals surface area contributed by atoms with E-state index in [9.17, 15) is 33.9 Å². The summed E-state index contributed by atoms with van der Waals surface area (Å²) in [5.74, 6) is -5.75. The monoisotopic (exact) mass is 574 g/mol. The molecule has 1 aliphatic rings. The standard InChI is InChI=1S/C26H38N8O7/c1-14(2)21-25(41)32-16(9-6-10-29-26(27)28)22(38)30-13-19(35)31-18(12-20(36)37)23(39)33-17(24(40)34-21)11-15-7-4-3-5-8-15/h3-5,7-8,14,16-18,21H,6,9-13H2,1-2H3,(H,30,38)(H,31,35)(H,32,41)(H,33,39)(H,34,40)(H,36,37)(H4,27,28,29)/t16-,17+,18+,21+/m1/s1. The highest BCUT2D eigenvalue weighted by Gasteiger charge is 2.34. The molecule has 1 aromatic carbocycles. The van der Waals surface area contributed by atoms with Crippen LogP contribution in [0.5, 0.6) is 0 Å². The number of nitrogens with one attached hydrogen (secondary N) is 5. The van der Waals surface area contributed by atoms with Crippen molar-refractivity contribution in [3.8, 4) is 0 Å². The van der Waals surface area contributed by atoms with E-state index in [4.69, 9.17) is 11.5 Å². The van der Waals surface area contributed by atoms with Gasteiger partial charge < -0.3 is 43.2 Å². The Balaban J connectivity index is 2.43. The van der Waals surface area contributed by atoms with Crippen molar-refractivity contribution in [1.82, 2.24) is 26.6 Å². The minimum Gasteiger partial charge on any atom is -0.481 e. The number of hydrogen-bond acceptors (Lipinski definition) is 7. The van der Waals surface area contributed by atoms with Crippen molar-refractivity contribution in [2.75, 3.05) is 13.1 Å². The van der Waals surface area contributed by atoms with Gasteiger partial charge in [-0.1, -0.05) is 44.2 Å². The fraction of sp³-hybridized carbons (Fsp3) is 0.500. The minimum absolute atomic E-state index is 0.0199. The van der Waals surface area contributed by atoms with Gasteiger partial charge in [-0.25, -0.2) is 0 Å². The predicted octanol–water partition coefficient (Wildman–Crippen LogP) is -2.52. The van der Waals surface area contributed by atoms with E-state index in [0.29, 0.717) is 12.0 Å². The van der Waals surface area contributed by atoms with Crippen LogP contribution < -0.4 is 38.1 Å². The Bertz CT molecular complexity index is 1140. The van der Waals surface area contributed by atoms with Crippen molar-refractivity contribution in [3.63, 3.8) is 0 Å². The Kier molecular flexibility index (Phi) is 12.5. The summed E-state index contributed by atoms with van der Waals surface area (Å²) in [4.78, 5) is 80.7. The van der Waals surface area contributed by atoms with Gasteiger partial charge in [0.25, 0.3) is 0 Å². The molecule has 15 nitrogen and oxygen atoms in total. The topological polar surface area (TPSA) is 247 Å². The highest BCUT2D eigenvalue weighted by Crippen LogP contribution is 2.09. The van der Waals surface area contributed by atoms with Gasteiger partial charge in [-0.15, -0.1) is 0 Å². The van der Waals surface area contributed by atoms with E-state index in [1.807, 2.05) is 0 Å². The van der Waals surface area contributed by atoms with Crippen LogP contribution in [-0.2, 0) is 35.2 Å². The lowest BCUT2D eigenvalue weighted by atomic mass is 10.00. The van der Waals surface area contributed by atoms with Crippen LogP contribution in [0.4, 0.5) is 0 Å². The molecule has 1 fully saturated rings. The number of carbonyl (C=O) groups is 6. The lowest BCUT2D eigenvalue weighted by molar-refractivity contribution is -0.141. The van der Waals surface area contributed by atoms with Crippen molar-refractivity contribution in [2.24, 2.45) is 22.4 Å². The molecule has 0 bridgehead atoms. The second kappa shape index (κ2) is 15.8. The summed E-state index contributed by atoms with van der Waals surface area (Å²) in [5, 5.41) is 21.8. The van der Waals surface area contributed by atoms with Gasteiger partial charge in [0.05, 0.1) is 13.0 Å². The van der Waals surface area contributed by atoms with Crippen LogP contribution in [0.25, 0.3) is 0 Å². The van der Waals surface area contributed by atoms with Crippen LogP contribution in [0, 0.1) is 5.92 Å². The van der Waals surface area contributed by atoms with Crippen molar-refractivity contribution < 1.29 is 33.9 Å². The Morgan fingerprint density at radius 1 is 0.902 bits per heavy atom. The molecule has 0 aliphatic carbocycles. The Morgan fingerprint density at radius 2 is 1.54 bits per heavy atom. The zero-order valence-corrected chi connectivity index (χ0v) is 23.0. The van der Waals surface area contributed by atoms with Gasteiger partial charge in [0.1, 0.15) is 24.2 Å². The van der Waals surface area contributed by atoms with Crippen molar-refractivity contribution in [2.45, 2.75) is 63.7 Å². The lowest BCUT2D eigenvalue weighted by Crippen LogP contribution is -2.59. The Labute approximate surface area is 237 Å². The summed E-state index contributed by atoms with van der Waals surface area (Å²) in [6.45, 7) is 2.98. The van der Waals surface area contributed by atoms with Crippen molar-refractivity contribution in [1.29, 1.82) is 0 Å². The van der Waals surface area contributed by atoms with Gasteiger partial charge in [-0.3, -0.25) is 33.8 Å². The average molecular weight is 575 g/mol. The number of aliphatic imine (C=N–C) groups is 1. The molecule has 0 unspecified atom stereocenters. The van der Waals surface area contributed by atoms with Crippen LogP contribution in [-0.4, -0.2) is 83.8 Å². The maximum atomic E-state index is 13.4. The summed E-state index contributed by atoms with van der Waals surface area (Å²) < 4.78 is 0. The van der Waals surface area contributed by atoms with Crippen LogP contribution in [0.1, 0.15) is 38.7 Å². The number of carboxylic acids is 1. The van der Waals surface area contributed by atoms with Gasteiger partial charge in [-0.05, 0) is 24.3 Å². The number of benzene rings is 1. The molecular weight excluding hydrogens is 536 g/mol. The summed E-state index contributed by atoms with van der Waals surface area (Å²) in [6.07, 6.45) is -0.341. The van der Waals surface area contributed by atoms with Gasteiger partial charge >= 0.3 is 5.97 Å². The molecule has 1 aliphatic heterocycles. The SMILES string of the molecule is CC(C)[C@@H]1NC(=O)[C@H](Cc2ccccc2)NC(=O)[C@H](CC(=O)O)NC(=O)CNC(=O)[C@@H](CCCN=C(N)N)NC1=O. The summed E-state index contributed by atoms with van der Waals surface area (Å²) in [6, 6.07) is 3.79. The Morgan fingerprint density at radius 3 is 2.15 bits per heavy atom. The predicted molar refractivity (Wildman–Crippen MR) is 148 cm³/mol. The molecule has 15 heteroatoms. The molecule has 0 saturated carbocycles. The van der Waals surface area contributed by atoms with E-state index in [-0.39, 0.29) is 25.3 Å². The number of rotatable bonds is 9. The molecule has 1 aromatic rings. The highest BCUT2D eigenvalue weighted by atomic mass is 16.4. The van der Waals surface area contributed by atoms with Crippen molar-refractivity contribution in [3.05, 3.63) is 35.9 Å². The number of carboxylic acid groups (broad SMARTS) is 1. The van der Waals surface area contributed by atoms with E-state index in [1.54, 1.807) is 44.2 Å². The molecule has 1 heterocycles. The smallest absolute Gasteiger partial charge is 0.305 e. The second-order valence-electron chi connectivity index (χ2n) is 9.93. The van der Waals surface area contributed by atoms with E-state index in [0.717, 1.165) is 0 Å². The number of hydrogen-bond donors (Lipinski definition) is 8. The molecular formula is C26H38N8O7. The lowest BCUT2D eigenvalue weighted by Gasteiger charge is -2.27. The third kappa shape index (κ3) is 11.1. The third-order valence-corrected chi connectivity index (χ3v) is 6.19. The first-order chi connectivity index (χ1) is 19.4. The third-order valence-electron chi connectivity index (χ3n) is 6.19. The van der Waals surface area contributed by atoms with Crippen molar-refractivity contribution >= 4 is 41.5 Å². The summed E-state index contributed by atoms with van der Waals surface area (Å²) in [5.41, 5.74) is 11.4. The highest BCUT2D eigenvalue weighted by molar-refractivity contribution is 5.98. The van der Waals surface area contributed by atoms with Gasteiger partial charge in [0.15, 0.2) is 5.96 Å². The first kappa shape index (κ1) is 32.5. The number of carbonyl (C=O) groups excluding carboxylic acids is 5. The first-order valence-electron chi connectivity index (χ1n) is 13.2. The van der Waals surface area contributed by atoms with E-state index in [2.05, 4.69) is 31.6 Å². The zero-order valence-electron chi connectivity index (χ0n) is 23.0. The fourth-order valence-electron chi connectivity index (χ4n) is 4.07. The normalized spacial score (nSPS) is 22.7. The molecule has 0 aromatic heterocycles. The molecule has 41 heavy (non-hydrogen) atoms. The molecule has 2 rings (SSSR count). The number of nitrogens with two attached hydrogens (primary N) is 2. The van der Waals surface area contributed by atoms with Gasteiger partial charge in [0, 0.05) is 13.0 Å². The molecule has 224 valence electrons. The Hall–Kier alpha value is -4.69. The number of guanidine groups is 1. The summed E-state index contributed by atoms with van der Waals surface area (Å²) >= 11 is 0. The number of amides is 5. The summed E-state index contributed by atoms with van der Waals surface area (Å²) in [7, 11) is 0. The molecule has 0 radical (unpaired) electrons. The quantitative estimate of drug-likeness (QED) is 0.0879. The maximum absolute atomic E-state index is 13.4. The van der Waals surface area contributed by atoms with E-state index < -0.39 is 78.6 Å². The maximum Gasteiger partial charge on any atom is 0.305 e. The number of nitrogens with zero attached hydrogens (tertiary/aromatic N) is 1. The molecule has 0 spiro atoms. The van der Waals surface area contributed by atoms with Gasteiger partial charge in [0.2, 0.25) is 29.5 Å². The largest absolute Gasteiger partial charge is 0.481 e. The zero-order chi connectivity index (χ0) is 30.5. The fourth-order valence-corrected chi connectivity index (χ4v) is 4.07. The first-order valence-corrected chi connectivity index (χ1v) is 13.2. The van der Waals surface area contributed by atoms with E-state index in [1.165, 1.54) is 0 Å². The van der Waals surface area contributed by atoms with Crippen LogP contribution in [0.15, 0.2) is 35.3 Å². The van der Waals surface area contributed by atoms with Gasteiger partial charge in [-0.2, -0.15) is 0 Å². The molecule has 1 saturated heterocycles. The second-order valence-corrected chi connectivity index (χ2v) is 9.93. The van der Waals surface area contributed by atoms with E-state index >= 15 is 0 Å². The van der Waals surface area contributed by atoms with Crippen LogP contribution in [0.2, 0.25) is 0 Å². The average Bonchev–Trinajstić information content (AvgIpc) is 2.90. The minimum atomic E-state index is -1.54. The van der Waals surface area contributed by atoms with Crippen LogP contribution >= 0.6 is 0 Å². The molecule has 10 N–H and O–H groups in total.